The molecule has 110 valence electrons. The molecule has 0 aliphatic carbocycles. The fourth-order valence-corrected chi connectivity index (χ4v) is 2.92. The molecule has 0 radical (unpaired) electrons. The van der Waals surface area contributed by atoms with Gasteiger partial charge in [0.25, 0.3) is 5.19 Å². The highest BCUT2D eigenvalue weighted by Gasteiger charge is 2.11. The summed E-state index contributed by atoms with van der Waals surface area (Å²) in [4.78, 5) is 5.49. The van der Waals surface area contributed by atoms with Gasteiger partial charge in [0.2, 0.25) is 0 Å². The van der Waals surface area contributed by atoms with Gasteiger partial charge in [0.05, 0.1) is 24.4 Å². The van der Waals surface area contributed by atoms with E-state index in [0.717, 1.165) is 23.7 Å². The van der Waals surface area contributed by atoms with Crippen molar-refractivity contribution in [1.29, 1.82) is 0 Å². The maximum absolute atomic E-state index is 5.64. The fraction of sp³-hybridized carbons (Fsp3) is 0.615. The molecule has 0 fully saturated rings. The Bertz CT molecular complexity index is 545. The van der Waals surface area contributed by atoms with Crippen LogP contribution in [0.3, 0.4) is 0 Å². The highest BCUT2D eigenvalue weighted by atomic mass is 32.1. The van der Waals surface area contributed by atoms with Crippen LogP contribution < -0.4 is 10.1 Å². The zero-order valence-corrected chi connectivity index (χ0v) is 13.9. The van der Waals surface area contributed by atoms with Crippen molar-refractivity contribution in [3.05, 3.63) is 21.1 Å². The number of rotatable bonds is 6. The van der Waals surface area contributed by atoms with Gasteiger partial charge in [-0.3, -0.25) is 0 Å². The topological polar surface area (TPSA) is 59.9 Å². The molecule has 2 heterocycles. The fourth-order valence-electron chi connectivity index (χ4n) is 1.51. The Labute approximate surface area is 127 Å². The van der Waals surface area contributed by atoms with Crippen molar-refractivity contribution in [3.63, 3.8) is 0 Å². The van der Waals surface area contributed by atoms with Crippen LogP contribution in [-0.4, -0.2) is 27.3 Å². The quantitative estimate of drug-likeness (QED) is 0.889. The summed E-state index contributed by atoms with van der Waals surface area (Å²) in [6.45, 7) is 9.74. The van der Waals surface area contributed by atoms with Crippen molar-refractivity contribution in [1.82, 2.24) is 20.5 Å². The van der Waals surface area contributed by atoms with Crippen LogP contribution >= 0.6 is 22.7 Å². The lowest BCUT2D eigenvalue weighted by Crippen LogP contribution is -2.35. The molecule has 0 saturated heterocycles. The van der Waals surface area contributed by atoms with Crippen LogP contribution in [0.2, 0.25) is 0 Å². The van der Waals surface area contributed by atoms with Crippen LogP contribution in [0, 0.1) is 6.92 Å². The first-order chi connectivity index (χ1) is 9.44. The first-order valence-corrected chi connectivity index (χ1v) is 8.23. The van der Waals surface area contributed by atoms with Crippen molar-refractivity contribution in [2.75, 3.05) is 6.61 Å². The van der Waals surface area contributed by atoms with E-state index in [2.05, 4.69) is 41.3 Å². The molecule has 20 heavy (non-hydrogen) atoms. The normalized spacial score (nSPS) is 11.8. The Kier molecular flexibility index (Phi) is 5.06. The molecule has 2 aromatic heterocycles. The van der Waals surface area contributed by atoms with Crippen LogP contribution in [0.5, 0.6) is 5.19 Å². The van der Waals surface area contributed by atoms with Crippen molar-refractivity contribution < 1.29 is 4.74 Å². The van der Waals surface area contributed by atoms with E-state index >= 15 is 0 Å². The first-order valence-electron chi connectivity index (χ1n) is 6.53. The van der Waals surface area contributed by atoms with Crippen LogP contribution in [-0.2, 0) is 13.0 Å². The van der Waals surface area contributed by atoms with Crippen LogP contribution in [0.25, 0.3) is 0 Å². The van der Waals surface area contributed by atoms with E-state index < -0.39 is 0 Å². The molecule has 5 nitrogen and oxygen atoms in total. The standard InChI is InChI=1S/C13H20N4OS2/c1-9-10(19-8-14-9)5-6-18-12-17-16-11(20-12)7-15-13(2,3)4/h8,15H,5-7H2,1-4H3. The van der Waals surface area contributed by atoms with E-state index in [1.54, 1.807) is 11.3 Å². The van der Waals surface area contributed by atoms with Crippen molar-refractivity contribution in [2.45, 2.75) is 46.2 Å². The van der Waals surface area contributed by atoms with Gasteiger partial charge in [-0.25, -0.2) is 4.98 Å². The number of aromatic nitrogens is 3. The molecule has 7 heteroatoms. The van der Waals surface area contributed by atoms with E-state index in [4.69, 9.17) is 4.74 Å². The summed E-state index contributed by atoms with van der Waals surface area (Å²) in [5.41, 5.74) is 3.04. The second-order valence-corrected chi connectivity index (χ2v) is 7.49. The SMILES string of the molecule is Cc1ncsc1CCOc1nnc(CNC(C)(C)C)s1. The van der Waals surface area contributed by atoms with Gasteiger partial charge in [-0.15, -0.1) is 21.5 Å². The second kappa shape index (κ2) is 6.60. The Morgan fingerprint density at radius 2 is 2.10 bits per heavy atom. The predicted octanol–water partition coefficient (Wildman–Crippen LogP) is 2.81. The summed E-state index contributed by atoms with van der Waals surface area (Å²) >= 11 is 3.16. The van der Waals surface area contributed by atoms with Gasteiger partial charge in [0, 0.05) is 16.8 Å². The number of ether oxygens (including phenoxy) is 1. The minimum Gasteiger partial charge on any atom is -0.469 e. The van der Waals surface area contributed by atoms with Gasteiger partial charge in [-0.05, 0) is 27.7 Å². The van der Waals surface area contributed by atoms with E-state index in [0.29, 0.717) is 11.8 Å². The van der Waals surface area contributed by atoms with E-state index in [1.807, 2.05) is 12.4 Å². The number of aryl methyl sites for hydroxylation is 1. The molecule has 0 unspecified atom stereocenters. The smallest absolute Gasteiger partial charge is 0.294 e. The van der Waals surface area contributed by atoms with Crippen LogP contribution in [0.15, 0.2) is 5.51 Å². The van der Waals surface area contributed by atoms with Gasteiger partial charge in [-0.1, -0.05) is 11.3 Å². The maximum atomic E-state index is 5.64. The van der Waals surface area contributed by atoms with Gasteiger partial charge in [-0.2, -0.15) is 0 Å². The summed E-state index contributed by atoms with van der Waals surface area (Å²) in [5.74, 6) is 0. The number of nitrogens with zero attached hydrogens (tertiary/aromatic N) is 3. The summed E-state index contributed by atoms with van der Waals surface area (Å²) in [7, 11) is 0. The van der Waals surface area contributed by atoms with E-state index in [-0.39, 0.29) is 5.54 Å². The predicted molar refractivity (Wildman–Crippen MR) is 82.6 cm³/mol. The van der Waals surface area contributed by atoms with Gasteiger partial charge in [0.1, 0.15) is 5.01 Å². The largest absolute Gasteiger partial charge is 0.469 e. The van der Waals surface area contributed by atoms with E-state index in [9.17, 15) is 0 Å². The second-order valence-electron chi connectivity index (χ2n) is 5.52. The molecule has 2 aromatic rings. The molecule has 0 spiro atoms. The number of hydrogen-bond acceptors (Lipinski definition) is 7. The molecule has 0 saturated carbocycles. The number of thiazole rings is 1. The Hall–Kier alpha value is -1.05. The van der Waals surface area contributed by atoms with Crippen molar-refractivity contribution in [3.8, 4) is 5.19 Å². The lowest BCUT2D eigenvalue weighted by molar-refractivity contribution is 0.318. The molecule has 2 rings (SSSR count). The molecular formula is C13H20N4OS2. The first kappa shape index (κ1) is 15.3. The molecule has 1 N–H and O–H groups in total. The zero-order chi connectivity index (χ0) is 14.6. The highest BCUT2D eigenvalue weighted by molar-refractivity contribution is 7.13. The number of hydrogen-bond donors (Lipinski definition) is 1. The molecule has 0 atom stereocenters. The number of nitrogens with one attached hydrogen (secondary N) is 1. The summed E-state index contributed by atoms with van der Waals surface area (Å²) in [6.07, 6.45) is 0.867. The lowest BCUT2D eigenvalue weighted by atomic mass is 10.1. The van der Waals surface area contributed by atoms with Crippen LogP contribution in [0.1, 0.15) is 36.3 Å². The van der Waals surface area contributed by atoms with E-state index in [1.165, 1.54) is 16.2 Å². The Morgan fingerprint density at radius 3 is 2.75 bits per heavy atom. The third kappa shape index (κ3) is 4.81. The minimum atomic E-state index is 0.0798. The molecule has 0 amide bonds. The molecule has 0 aliphatic heterocycles. The van der Waals surface area contributed by atoms with Crippen LogP contribution in [0.4, 0.5) is 0 Å². The Morgan fingerprint density at radius 1 is 1.30 bits per heavy atom. The molecule has 0 aromatic carbocycles. The van der Waals surface area contributed by atoms with Gasteiger partial charge < -0.3 is 10.1 Å². The maximum Gasteiger partial charge on any atom is 0.294 e. The van der Waals surface area contributed by atoms with Gasteiger partial charge >= 0.3 is 0 Å². The third-order valence-electron chi connectivity index (χ3n) is 2.62. The molecule has 0 aliphatic rings. The highest BCUT2D eigenvalue weighted by Crippen LogP contribution is 2.19. The third-order valence-corrected chi connectivity index (χ3v) is 4.45. The zero-order valence-electron chi connectivity index (χ0n) is 12.3. The van der Waals surface area contributed by atoms with Crippen molar-refractivity contribution in [2.24, 2.45) is 0 Å². The average Bonchev–Trinajstić information content (AvgIpc) is 2.96. The minimum absolute atomic E-state index is 0.0798. The van der Waals surface area contributed by atoms with Gasteiger partial charge in [0.15, 0.2) is 0 Å². The Balaban J connectivity index is 1.77. The lowest BCUT2D eigenvalue weighted by Gasteiger charge is -2.19. The molecule has 0 bridgehead atoms. The average molecular weight is 312 g/mol. The summed E-state index contributed by atoms with van der Waals surface area (Å²) in [5, 5.41) is 13.1. The molecular weight excluding hydrogens is 292 g/mol. The monoisotopic (exact) mass is 312 g/mol. The summed E-state index contributed by atoms with van der Waals surface area (Å²) < 4.78 is 5.64. The summed E-state index contributed by atoms with van der Waals surface area (Å²) in [6, 6.07) is 0. The van der Waals surface area contributed by atoms with Crippen molar-refractivity contribution >= 4 is 22.7 Å².